The number of carbonyl (C=O) groups is 3. The van der Waals surface area contributed by atoms with Crippen LogP contribution in [0.2, 0.25) is 0 Å². The molecule has 0 aromatic carbocycles. The van der Waals surface area contributed by atoms with Gasteiger partial charge in [0.15, 0.2) is 6.10 Å². The third-order valence-electron chi connectivity index (χ3n) is 9.81. The lowest BCUT2D eigenvalue weighted by Gasteiger charge is -2.18. The van der Waals surface area contributed by atoms with E-state index in [-0.39, 0.29) is 44.0 Å². The van der Waals surface area contributed by atoms with Crippen molar-refractivity contribution >= 4 is 17.9 Å². The highest BCUT2D eigenvalue weighted by atomic mass is 16.6. The first-order chi connectivity index (χ1) is 31.0. The molecule has 6 heteroatoms. The highest BCUT2D eigenvalue weighted by molar-refractivity contribution is 5.71. The van der Waals surface area contributed by atoms with Crippen LogP contribution in [0.1, 0.15) is 188 Å². The molecule has 0 saturated heterocycles. The predicted molar refractivity (Wildman–Crippen MR) is 269 cm³/mol. The van der Waals surface area contributed by atoms with Crippen LogP contribution in [0.15, 0.2) is 134 Å². The molecule has 0 amide bonds. The van der Waals surface area contributed by atoms with E-state index >= 15 is 0 Å². The average Bonchev–Trinajstić information content (AvgIpc) is 3.28. The van der Waals surface area contributed by atoms with Gasteiger partial charge in [-0.3, -0.25) is 14.4 Å². The molecule has 0 N–H and O–H groups in total. The van der Waals surface area contributed by atoms with E-state index in [9.17, 15) is 14.4 Å². The van der Waals surface area contributed by atoms with Gasteiger partial charge in [0.2, 0.25) is 0 Å². The lowest BCUT2D eigenvalue weighted by Crippen LogP contribution is -2.30. The topological polar surface area (TPSA) is 78.9 Å². The molecular formula is C57H88O6. The van der Waals surface area contributed by atoms with Gasteiger partial charge in [0.25, 0.3) is 0 Å². The molecule has 0 aliphatic heterocycles. The van der Waals surface area contributed by atoms with Gasteiger partial charge in [-0.15, -0.1) is 0 Å². The van der Waals surface area contributed by atoms with Crippen LogP contribution in [0.25, 0.3) is 0 Å². The van der Waals surface area contributed by atoms with E-state index in [1.54, 1.807) is 0 Å². The molecule has 0 aromatic rings. The first-order valence-electron chi connectivity index (χ1n) is 24.8. The second-order valence-corrected chi connectivity index (χ2v) is 15.8. The van der Waals surface area contributed by atoms with E-state index in [1.807, 2.05) is 60.8 Å². The summed E-state index contributed by atoms with van der Waals surface area (Å²) in [6, 6.07) is 0. The molecule has 0 radical (unpaired) electrons. The molecular weight excluding hydrogens is 781 g/mol. The number of rotatable bonds is 42. The van der Waals surface area contributed by atoms with Gasteiger partial charge in [0, 0.05) is 19.3 Å². The standard InChI is InChI=1S/C57H88O6/c1-4-7-10-13-16-19-22-25-27-28-30-32-35-38-41-44-47-50-56(59)62-53-54(52-61-55(58)49-46-43-40-37-34-31-24-21-18-15-12-9-6-3)63-57(60)51-48-45-42-39-36-33-29-26-23-20-17-14-11-8-5-2/h8-9,11-12,14-15,17-18,20-21,23-27,29-32,34,38,41,54H,4-7,10,13,16,19,22,28,33,35-37,39-40,42-53H2,1-3H3/b11-8-,12-9-,17-14-,18-15-,23-20-,24-21-,27-25-,29-26-,32-30-,34-31-,41-38-. The summed E-state index contributed by atoms with van der Waals surface area (Å²) in [4.78, 5) is 37.9. The van der Waals surface area contributed by atoms with Crippen LogP contribution in [-0.2, 0) is 28.6 Å². The zero-order valence-electron chi connectivity index (χ0n) is 40.0. The third-order valence-corrected chi connectivity index (χ3v) is 9.81. The van der Waals surface area contributed by atoms with Gasteiger partial charge in [0.1, 0.15) is 13.2 Å². The van der Waals surface area contributed by atoms with Crippen LogP contribution >= 0.6 is 0 Å². The van der Waals surface area contributed by atoms with Crippen LogP contribution in [0, 0.1) is 0 Å². The van der Waals surface area contributed by atoms with Crippen molar-refractivity contribution in [2.24, 2.45) is 0 Å². The third kappa shape index (κ3) is 48.4. The summed E-state index contributed by atoms with van der Waals surface area (Å²) in [5.74, 6) is -1.05. The summed E-state index contributed by atoms with van der Waals surface area (Å²) in [6.45, 7) is 6.22. The van der Waals surface area contributed by atoms with E-state index in [1.165, 1.54) is 44.9 Å². The maximum absolute atomic E-state index is 12.8. The number of allylic oxidation sites excluding steroid dienone is 22. The second kappa shape index (κ2) is 50.2. The van der Waals surface area contributed by atoms with Gasteiger partial charge < -0.3 is 14.2 Å². The first kappa shape index (κ1) is 58.6. The molecule has 1 atom stereocenters. The molecule has 0 fully saturated rings. The molecule has 63 heavy (non-hydrogen) atoms. The Kier molecular flexibility index (Phi) is 46.7. The Morgan fingerprint density at radius 2 is 0.698 bits per heavy atom. The number of carbonyl (C=O) groups excluding carboxylic acids is 3. The number of hydrogen-bond acceptors (Lipinski definition) is 6. The minimum absolute atomic E-state index is 0.129. The quantitative estimate of drug-likeness (QED) is 0.0200. The maximum Gasteiger partial charge on any atom is 0.306 e. The van der Waals surface area contributed by atoms with Gasteiger partial charge in [-0.2, -0.15) is 0 Å². The number of esters is 3. The van der Waals surface area contributed by atoms with Crippen molar-refractivity contribution in [1.29, 1.82) is 0 Å². The average molecular weight is 869 g/mol. The van der Waals surface area contributed by atoms with E-state index in [0.717, 1.165) is 96.3 Å². The molecule has 352 valence electrons. The number of hydrogen-bond donors (Lipinski definition) is 0. The number of unbranched alkanes of at least 4 members (excludes halogenated alkanes) is 15. The minimum Gasteiger partial charge on any atom is -0.462 e. The predicted octanol–water partition coefficient (Wildman–Crippen LogP) is 16.3. The minimum atomic E-state index is -0.831. The van der Waals surface area contributed by atoms with Crippen LogP contribution in [-0.4, -0.2) is 37.2 Å². The van der Waals surface area contributed by atoms with Crippen molar-refractivity contribution in [3.8, 4) is 0 Å². The Hall–Kier alpha value is -4.45. The molecule has 0 aromatic heterocycles. The second-order valence-electron chi connectivity index (χ2n) is 15.8. The highest BCUT2D eigenvalue weighted by Crippen LogP contribution is 2.12. The molecule has 0 saturated carbocycles. The molecule has 0 bridgehead atoms. The molecule has 0 spiro atoms. The summed E-state index contributed by atoms with van der Waals surface area (Å²) in [5.41, 5.74) is 0. The normalized spacial score (nSPS) is 13.3. The molecule has 0 aliphatic carbocycles. The fourth-order valence-electron chi connectivity index (χ4n) is 6.12. The van der Waals surface area contributed by atoms with Gasteiger partial charge in [0.05, 0.1) is 0 Å². The Balaban J connectivity index is 4.59. The molecule has 0 rings (SSSR count). The molecule has 0 aliphatic rings. The van der Waals surface area contributed by atoms with Crippen molar-refractivity contribution in [3.05, 3.63) is 134 Å². The van der Waals surface area contributed by atoms with E-state index in [2.05, 4.69) is 93.7 Å². The smallest absolute Gasteiger partial charge is 0.306 e. The van der Waals surface area contributed by atoms with Crippen LogP contribution in [0.4, 0.5) is 0 Å². The molecule has 0 heterocycles. The Bertz CT molecular complexity index is 1420. The van der Waals surface area contributed by atoms with Crippen molar-refractivity contribution < 1.29 is 28.6 Å². The van der Waals surface area contributed by atoms with Crippen LogP contribution in [0.3, 0.4) is 0 Å². The fraction of sp³-hybridized carbons (Fsp3) is 0.561. The zero-order valence-corrected chi connectivity index (χ0v) is 40.0. The van der Waals surface area contributed by atoms with E-state index < -0.39 is 6.10 Å². The number of ether oxygens (including phenoxy) is 3. The van der Waals surface area contributed by atoms with Gasteiger partial charge in [-0.05, 0) is 89.9 Å². The highest BCUT2D eigenvalue weighted by Gasteiger charge is 2.19. The van der Waals surface area contributed by atoms with Gasteiger partial charge >= 0.3 is 17.9 Å². The maximum atomic E-state index is 12.8. The van der Waals surface area contributed by atoms with E-state index in [0.29, 0.717) is 12.8 Å². The summed E-state index contributed by atoms with van der Waals surface area (Å²) < 4.78 is 16.7. The van der Waals surface area contributed by atoms with Crippen molar-refractivity contribution in [2.45, 2.75) is 194 Å². The van der Waals surface area contributed by atoms with Crippen molar-refractivity contribution in [1.82, 2.24) is 0 Å². The van der Waals surface area contributed by atoms with Gasteiger partial charge in [-0.1, -0.05) is 212 Å². The van der Waals surface area contributed by atoms with Crippen molar-refractivity contribution in [2.75, 3.05) is 13.2 Å². The van der Waals surface area contributed by atoms with E-state index in [4.69, 9.17) is 14.2 Å². The van der Waals surface area contributed by atoms with Crippen LogP contribution < -0.4 is 0 Å². The summed E-state index contributed by atoms with van der Waals surface area (Å²) in [7, 11) is 0. The first-order valence-corrected chi connectivity index (χ1v) is 24.8. The van der Waals surface area contributed by atoms with Crippen molar-refractivity contribution in [3.63, 3.8) is 0 Å². The molecule has 6 nitrogen and oxygen atoms in total. The van der Waals surface area contributed by atoms with Gasteiger partial charge in [-0.25, -0.2) is 0 Å². The lowest BCUT2D eigenvalue weighted by molar-refractivity contribution is -0.167. The largest absolute Gasteiger partial charge is 0.462 e. The van der Waals surface area contributed by atoms with Crippen LogP contribution in [0.5, 0.6) is 0 Å². The molecule has 1 unspecified atom stereocenters. The summed E-state index contributed by atoms with van der Waals surface area (Å²) in [5, 5.41) is 0. The summed E-state index contributed by atoms with van der Waals surface area (Å²) >= 11 is 0. The lowest BCUT2D eigenvalue weighted by atomic mass is 10.1. The SMILES string of the molecule is CC\C=C/C=C\C=C/C=C\CCCCCCCC(=O)OC(COC(=O)CCC/C=C\C/C=C\C/C=C\CCCCCCCC)COC(=O)CCCCC\C=C/C=C\C=C/C=C\CC. The fourth-order valence-corrected chi connectivity index (χ4v) is 6.12. The summed E-state index contributed by atoms with van der Waals surface area (Å²) in [6.07, 6.45) is 70.1. The Morgan fingerprint density at radius 1 is 0.349 bits per heavy atom. The Labute approximate surface area is 385 Å². The zero-order chi connectivity index (χ0) is 45.8. The Morgan fingerprint density at radius 3 is 1.19 bits per heavy atom. The monoisotopic (exact) mass is 869 g/mol.